The van der Waals surface area contributed by atoms with Crippen LogP contribution in [0.25, 0.3) is 0 Å². The topological polar surface area (TPSA) is 46.3 Å². The smallest absolute Gasteiger partial charge is 0.222 e. The molecule has 0 aromatic heterocycles. The lowest BCUT2D eigenvalue weighted by molar-refractivity contribution is -0.131. The second-order valence-corrected chi connectivity index (χ2v) is 4.88. The SMILES string of the molecule is CCCCN(CC)C(=O)CCC(N)c1ccccc1. The van der Waals surface area contributed by atoms with Crippen LogP contribution in [0.3, 0.4) is 0 Å². The molecule has 1 atom stereocenters. The molecular formula is C16H26N2O. The molecule has 0 bridgehead atoms. The second kappa shape index (κ2) is 8.70. The molecule has 0 aliphatic carbocycles. The first kappa shape index (κ1) is 15.7. The van der Waals surface area contributed by atoms with E-state index in [2.05, 4.69) is 6.92 Å². The fourth-order valence-corrected chi connectivity index (χ4v) is 2.11. The van der Waals surface area contributed by atoms with Crippen molar-refractivity contribution in [1.29, 1.82) is 0 Å². The molecule has 1 amide bonds. The third-order valence-electron chi connectivity index (χ3n) is 3.41. The zero-order valence-electron chi connectivity index (χ0n) is 12.1. The summed E-state index contributed by atoms with van der Waals surface area (Å²) < 4.78 is 0. The van der Waals surface area contributed by atoms with Gasteiger partial charge >= 0.3 is 0 Å². The maximum absolute atomic E-state index is 12.1. The molecule has 3 nitrogen and oxygen atoms in total. The average Bonchev–Trinajstić information content (AvgIpc) is 2.46. The summed E-state index contributed by atoms with van der Waals surface area (Å²) in [5.74, 6) is 0.224. The van der Waals surface area contributed by atoms with Gasteiger partial charge in [-0.15, -0.1) is 0 Å². The number of unbranched alkanes of at least 4 members (excludes halogenated alkanes) is 1. The van der Waals surface area contributed by atoms with Gasteiger partial charge in [-0.05, 0) is 25.3 Å². The van der Waals surface area contributed by atoms with Gasteiger partial charge in [0.25, 0.3) is 0 Å². The van der Waals surface area contributed by atoms with E-state index in [9.17, 15) is 4.79 Å². The van der Waals surface area contributed by atoms with Gasteiger partial charge in [-0.25, -0.2) is 0 Å². The molecule has 0 fully saturated rings. The van der Waals surface area contributed by atoms with Crippen molar-refractivity contribution in [1.82, 2.24) is 4.90 Å². The molecule has 3 heteroatoms. The Bertz CT molecular complexity index is 364. The molecule has 1 aromatic rings. The van der Waals surface area contributed by atoms with Gasteiger partial charge < -0.3 is 10.6 Å². The summed E-state index contributed by atoms with van der Waals surface area (Å²) in [5.41, 5.74) is 7.22. The Morgan fingerprint density at radius 2 is 1.95 bits per heavy atom. The first-order valence-corrected chi connectivity index (χ1v) is 7.27. The standard InChI is InChI=1S/C16H26N2O/c1-3-5-13-18(4-2)16(19)12-11-15(17)14-9-7-6-8-10-14/h6-10,15H,3-5,11-13,17H2,1-2H3. The Balaban J connectivity index is 2.40. The molecule has 0 aliphatic rings. The molecule has 0 radical (unpaired) electrons. The summed E-state index contributed by atoms with van der Waals surface area (Å²) in [6.45, 7) is 5.83. The summed E-state index contributed by atoms with van der Waals surface area (Å²) in [6, 6.07) is 9.93. The predicted octanol–water partition coefficient (Wildman–Crippen LogP) is 3.12. The van der Waals surface area contributed by atoms with E-state index in [1.807, 2.05) is 42.2 Å². The normalized spacial score (nSPS) is 12.2. The highest BCUT2D eigenvalue weighted by atomic mass is 16.2. The molecule has 19 heavy (non-hydrogen) atoms. The Morgan fingerprint density at radius 3 is 2.53 bits per heavy atom. The summed E-state index contributed by atoms with van der Waals surface area (Å²) in [7, 11) is 0. The Labute approximate surface area is 116 Å². The fourth-order valence-electron chi connectivity index (χ4n) is 2.11. The van der Waals surface area contributed by atoms with Crippen LogP contribution < -0.4 is 5.73 Å². The van der Waals surface area contributed by atoms with Crippen LogP contribution >= 0.6 is 0 Å². The third-order valence-corrected chi connectivity index (χ3v) is 3.41. The Kier molecular flexibility index (Phi) is 7.19. The van der Waals surface area contributed by atoms with Gasteiger partial charge in [0.2, 0.25) is 5.91 Å². The lowest BCUT2D eigenvalue weighted by Crippen LogP contribution is -2.32. The van der Waals surface area contributed by atoms with Gasteiger partial charge in [0.15, 0.2) is 0 Å². The number of amides is 1. The van der Waals surface area contributed by atoms with Crippen molar-refractivity contribution in [2.75, 3.05) is 13.1 Å². The minimum absolute atomic E-state index is 0.0463. The molecule has 106 valence electrons. The molecule has 0 heterocycles. The maximum atomic E-state index is 12.1. The van der Waals surface area contributed by atoms with Crippen molar-refractivity contribution in [2.45, 2.75) is 45.6 Å². The van der Waals surface area contributed by atoms with Crippen molar-refractivity contribution in [3.63, 3.8) is 0 Å². The molecule has 0 spiro atoms. The van der Waals surface area contributed by atoms with Crippen molar-refractivity contribution in [2.24, 2.45) is 5.73 Å². The monoisotopic (exact) mass is 262 g/mol. The first-order valence-electron chi connectivity index (χ1n) is 7.27. The highest BCUT2D eigenvalue weighted by molar-refractivity contribution is 5.76. The van der Waals surface area contributed by atoms with Gasteiger partial charge in [-0.2, -0.15) is 0 Å². The molecule has 0 aliphatic heterocycles. The van der Waals surface area contributed by atoms with E-state index in [0.29, 0.717) is 12.8 Å². The largest absolute Gasteiger partial charge is 0.343 e. The quantitative estimate of drug-likeness (QED) is 0.782. The molecule has 2 N–H and O–H groups in total. The van der Waals surface area contributed by atoms with E-state index < -0.39 is 0 Å². The number of nitrogens with zero attached hydrogens (tertiary/aromatic N) is 1. The number of benzene rings is 1. The van der Waals surface area contributed by atoms with E-state index in [-0.39, 0.29) is 11.9 Å². The third kappa shape index (κ3) is 5.43. The summed E-state index contributed by atoms with van der Waals surface area (Å²) >= 11 is 0. The van der Waals surface area contributed by atoms with E-state index in [1.165, 1.54) is 0 Å². The molecule has 0 saturated carbocycles. The molecule has 0 saturated heterocycles. The van der Waals surface area contributed by atoms with Gasteiger partial charge in [-0.3, -0.25) is 4.79 Å². The van der Waals surface area contributed by atoms with E-state index >= 15 is 0 Å². The predicted molar refractivity (Wildman–Crippen MR) is 79.8 cm³/mol. The number of hydrogen-bond acceptors (Lipinski definition) is 2. The molecule has 1 unspecified atom stereocenters. The lowest BCUT2D eigenvalue weighted by Gasteiger charge is -2.21. The highest BCUT2D eigenvalue weighted by Crippen LogP contribution is 2.16. The maximum Gasteiger partial charge on any atom is 0.222 e. The van der Waals surface area contributed by atoms with Gasteiger partial charge in [-0.1, -0.05) is 43.7 Å². The summed E-state index contributed by atoms with van der Waals surface area (Å²) in [5, 5.41) is 0. The van der Waals surface area contributed by atoms with Crippen molar-refractivity contribution < 1.29 is 4.79 Å². The zero-order chi connectivity index (χ0) is 14.1. The number of carbonyl (C=O) groups excluding carboxylic acids is 1. The van der Waals surface area contributed by atoms with Crippen LogP contribution in [0.15, 0.2) is 30.3 Å². The molecule has 1 rings (SSSR count). The second-order valence-electron chi connectivity index (χ2n) is 4.88. The number of rotatable bonds is 8. The van der Waals surface area contributed by atoms with Gasteiger partial charge in [0, 0.05) is 25.6 Å². The van der Waals surface area contributed by atoms with Crippen LogP contribution in [-0.4, -0.2) is 23.9 Å². The Morgan fingerprint density at radius 1 is 1.26 bits per heavy atom. The van der Waals surface area contributed by atoms with Crippen LogP contribution in [0.2, 0.25) is 0 Å². The van der Waals surface area contributed by atoms with Crippen LogP contribution in [0.1, 0.15) is 51.1 Å². The Hall–Kier alpha value is -1.35. The molecule has 1 aromatic carbocycles. The van der Waals surface area contributed by atoms with E-state index in [1.54, 1.807) is 0 Å². The average molecular weight is 262 g/mol. The zero-order valence-corrected chi connectivity index (χ0v) is 12.1. The van der Waals surface area contributed by atoms with E-state index in [0.717, 1.165) is 31.5 Å². The van der Waals surface area contributed by atoms with Crippen LogP contribution in [0.5, 0.6) is 0 Å². The van der Waals surface area contributed by atoms with Crippen molar-refractivity contribution >= 4 is 5.91 Å². The van der Waals surface area contributed by atoms with Crippen LogP contribution in [0.4, 0.5) is 0 Å². The first-order chi connectivity index (χ1) is 9.19. The highest BCUT2D eigenvalue weighted by Gasteiger charge is 2.13. The minimum atomic E-state index is -0.0463. The molecular weight excluding hydrogens is 236 g/mol. The summed E-state index contributed by atoms with van der Waals surface area (Å²) in [6.07, 6.45) is 3.44. The number of carbonyl (C=O) groups is 1. The summed E-state index contributed by atoms with van der Waals surface area (Å²) in [4.78, 5) is 14.0. The lowest BCUT2D eigenvalue weighted by atomic mass is 10.0. The number of nitrogens with two attached hydrogens (primary N) is 1. The van der Waals surface area contributed by atoms with Gasteiger partial charge in [0.05, 0.1) is 0 Å². The minimum Gasteiger partial charge on any atom is -0.343 e. The van der Waals surface area contributed by atoms with Gasteiger partial charge in [0.1, 0.15) is 0 Å². The van der Waals surface area contributed by atoms with E-state index in [4.69, 9.17) is 5.73 Å². The van der Waals surface area contributed by atoms with Crippen molar-refractivity contribution in [3.8, 4) is 0 Å². The number of hydrogen-bond donors (Lipinski definition) is 1. The van der Waals surface area contributed by atoms with Crippen LogP contribution in [-0.2, 0) is 4.79 Å². The van der Waals surface area contributed by atoms with Crippen LogP contribution in [0, 0.1) is 0 Å². The van der Waals surface area contributed by atoms with Crippen molar-refractivity contribution in [3.05, 3.63) is 35.9 Å². The fraction of sp³-hybridized carbons (Fsp3) is 0.562.